The summed E-state index contributed by atoms with van der Waals surface area (Å²) in [4.78, 5) is 0.383. The third-order valence-corrected chi connectivity index (χ3v) is 1.36. The summed E-state index contributed by atoms with van der Waals surface area (Å²) in [5, 5.41) is 22.5. The topological polar surface area (TPSA) is 74.2 Å². The number of nitrogens with zero attached hydrogens (tertiary/aromatic N) is 3. The molecule has 0 spiro atoms. The number of hydroxylamine groups is 1. The molecule has 0 aliphatic carbocycles. The summed E-state index contributed by atoms with van der Waals surface area (Å²) in [6.07, 6.45) is 0. The third-order valence-electron chi connectivity index (χ3n) is 1.36. The monoisotopic (exact) mass is 176 g/mol. The van der Waals surface area contributed by atoms with Crippen LogP contribution in [0, 0.1) is 16.5 Å². The van der Waals surface area contributed by atoms with E-state index < -0.39 is 0 Å². The molecule has 1 aromatic rings. The fourth-order valence-electron chi connectivity index (χ4n) is 0.802. The van der Waals surface area contributed by atoms with Crippen molar-refractivity contribution in [3.05, 3.63) is 35.0 Å². The fourth-order valence-corrected chi connectivity index (χ4v) is 0.802. The Kier molecular flexibility index (Phi) is 2.82. The summed E-state index contributed by atoms with van der Waals surface area (Å²) in [6.45, 7) is 0. The van der Waals surface area contributed by atoms with Crippen LogP contribution in [0.2, 0.25) is 0 Å². The first kappa shape index (κ1) is 9.00. The van der Waals surface area contributed by atoms with Crippen LogP contribution in [0.1, 0.15) is 5.56 Å². The highest BCUT2D eigenvalue weighted by Crippen LogP contribution is 2.12. The minimum atomic E-state index is 0.383. The molecule has 0 heterocycles. The van der Waals surface area contributed by atoms with Gasteiger partial charge < -0.3 is 5.21 Å². The second-order valence-electron chi connectivity index (χ2n) is 2.33. The molecule has 0 unspecified atom stereocenters. The van der Waals surface area contributed by atoms with Crippen LogP contribution in [0.15, 0.2) is 29.5 Å². The molecule has 1 rings (SSSR count). The summed E-state index contributed by atoms with van der Waals surface area (Å²) in [6, 6.07) is 8.78. The van der Waals surface area contributed by atoms with Crippen molar-refractivity contribution in [2.24, 2.45) is 5.22 Å². The van der Waals surface area contributed by atoms with Crippen molar-refractivity contribution in [2.75, 3.05) is 12.5 Å². The van der Waals surface area contributed by atoms with Gasteiger partial charge in [0.2, 0.25) is 0 Å². The first-order valence-electron chi connectivity index (χ1n) is 3.60. The van der Waals surface area contributed by atoms with Gasteiger partial charge in [-0.05, 0) is 12.1 Å². The molecule has 1 N–H and O–H groups in total. The molecule has 0 radical (unpaired) electrons. The van der Waals surface area contributed by atoms with E-state index in [2.05, 4.69) is 10.6 Å². The number of rotatable bonds is 2. The lowest BCUT2D eigenvalue weighted by molar-refractivity contribution is -0.497. The quantitative estimate of drug-likeness (QED) is 0.421. The Morgan fingerprint density at radius 3 is 2.85 bits per heavy atom. The van der Waals surface area contributed by atoms with Crippen LogP contribution in [0.25, 0.3) is 0 Å². The largest absolute Gasteiger partial charge is 0.696 e. The van der Waals surface area contributed by atoms with E-state index in [0.29, 0.717) is 16.1 Å². The normalized spacial score (nSPS) is 10.6. The lowest BCUT2D eigenvalue weighted by Gasteiger charge is -1.98. The average Bonchev–Trinajstić information content (AvgIpc) is 2.15. The second-order valence-corrected chi connectivity index (χ2v) is 2.33. The maximum Gasteiger partial charge on any atom is 0.164 e. The summed E-state index contributed by atoms with van der Waals surface area (Å²) < 4.78 is 0. The van der Waals surface area contributed by atoms with Crippen LogP contribution in [-0.4, -0.2) is 11.9 Å². The molecular formula is C8H8N4O. The van der Waals surface area contributed by atoms with Crippen molar-refractivity contribution in [2.45, 2.75) is 0 Å². The number of para-hydroxylation sites is 1. The molecule has 66 valence electrons. The Bertz CT molecular complexity index is 363. The SMILES string of the molecule is C/[N+]([O-])=N\Nc1ccccc1C#N. The molecule has 5 heteroatoms. The van der Waals surface area contributed by atoms with Crippen LogP contribution in [0.4, 0.5) is 5.69 Å². The van der Waals surface area contributed by atoms with Gasteiger partial charge >= 0.3 is 0 Å². The molecule has 5 nitrogen and oxygen atoms in total. The Balaban J connectivity index is 2.89. The number of nitrogens with one attached hydrogen (secondary N) is 1. The molecule has 13 heavy (non-hydrogen) atoms. The van der Waals surface area contributed by atoms with E-state index in [-0.39, 0.29) is 0 Å². The lowest BCUT2D eigenvalue weighted by atomic mass is 10.2. The van der Waals surface area contributed by atoms with Gasteiger partial charge in [-0.25, -0.2) is 0 Å². The number of benzene rings is 1. The predicted octanol–water partition coefficient (Wildman–Crippen LogP) is 1.48. The molecule has 0 aromatic heterocycles. The van der Waals surface area contributed by atoms with Crippen LogP contribution >= 0.6 is 0 Å². The Morgan fingerprint density at radius 1 is 1.54 bits per heavy atom. The van der Waals surface area contributed by atoms with Crippen LogP contribution in [-0.2, 0) is 0 Å². The molecule has 0 aliphatic heterocycles. The van der Waals surface area contributed by atoms with E-state index in [1.54, 1.807) is 24.3 Å². The number of anilines is 1. The smallest absolute Gasteiger partial charge is 0.164 e. The molecule has 0 aliphatic rings. The van der Waals surface area contributed by atoms with Crippen LogP contribution < -0.4 is 5.43 Å². The van der Waals surface area contributed by atoms with Crippen LogP contribution in [0.3, 0.4) is 0 Å². The molecule has 0 fully saturated rings. The molecule has 0 saturated carbocycles. The molecule has 0 saturated heterocycles. The van der Waals surface area contributed by atoms with Crippen molar-refractivity contribution in [1.29, 1.82) is 5.26 Å². The highest BCUT2D eigenvalue weighted by molar-refractivity contribution is 5.56. The van der Waals surface area contributed by atoms with E-state index >= 15 is 0 Å². The van der Waals surface area contributed by atoms with Crippen molar-refractivity contribution in [3.8, 4) is 6.07 Å². The van der Waals surface area contributed by atoms with Gasteiger partial charge in [0.1, 0.15) is 18.7 Å². The Hall–Kier alpha value is -2.09. The van der Waals surface area contributed by atoms with Gasteiger partial charge in [-0.1, -0.05) is 12.1 Å². The second kappa shape index (κ2) is 4.07. The highest BCUT2D eigenvalue weighted by Gasteiger charge is 2.02. The Morgan fingerprint density at radius 2 is 2.23 bits per heavy atom. The summed E-state index contributed by atoms with van der Waals surface area (Å²) in [7, 11) is 1.25. The van der Waals surface area contributed by atoms with E-state index in [1.165, 1.54) is 7.05 Å². The summed E-state index contributed by atoms with van der Waals surface area (Å²) in [5.41, 5.74) is 3.45. The van der Waals surface area contributed by atoms with E-state index in [4.69, 9.17) is 5.26 Å². The average molecular weight is 176 g/mol. The molecule has 1 aromatic carbocycles. The number of nitriles is 1. The van der Waals surface area contributed by atoms with E-state index in [9.17, 15) is 5.21 Å². The Labute approximate surface area is 75.5 Å². The van der Waals surface area contributed by atoms with Crippen molar-refractivity contribution in [1.82, 2.24) is 0 Å². The van der Waals surface area contributed by atoms with Gasteiger partial charge in [0, 0.05) is 0 Å². The minimum Gasteiger partial charge on any atom is -0.696 e. The van der Waals surface area contributed by atoms with E-state index in [1.807, 2.05) is 6.07 Å². The summed E-state index contributed by atoms with van der Waals surface area (Å²) in [5.74, 6) is 0. The van der Waals surface area contributed by atoms with Crippen molar-refractivity contribution < 1.29 is 4.86 Å². The van der Waals surface area contributed by atoms with Gasteiger partial charge in [-0.3, -0.25) is 0 Å². The van der Waals surface area contributed by atoms with Gasteiger partial charge in [-0.2, -0.15) is 10.1 Å². The number of hydrogen-bond acceptors (Lipinski definition) is 3. The van der Waals surface area contributed by atoms with Crippen molar-refractivity contribution in [3.63, 3.8) is 0 Å². The highest BCUT2D eigenvalue weighted by atomic mass is 16.5. The van der Waals surface area contributed by atoms with Gasteiger partial charge in [0.15, 0.2) is 5.69 Å². The van der Waals surface area contributed by atoms with Crippen molar-refractivity contribution >= 4 is 5.69 Å². The molecule has 0 bridgehead atoms. The maximum absolute atomic E-state index is 10.4. The zero-order chi connectivity index (χ0) is 9.68. The molecular weight excluding hydrogens is 168 g/mol. The predicted molar refractivity (Wildman–Crippen MR) is 46.8 cm³/mol. The van der Waals surface area contributed by atoms with Gasteiger partial charge in [-0.15, -0.1) is 5.43 Å². The zero-order valence-corrected chi connectivity index (χ0v) is 7.06. The maximum atomic E-state index is 10.4. The lowest BCUT2D eigenvalue weighted by Crippen LogP contribution is -1.98. The zero-order valence-electron chi connectivity index (χ0n) is 7.06. The first-order valence-corrected chi connectivity index (χ1v) is 3.60. The number of hydrogen-bond donors (Lipinski definition) is 1. The fraction of sp³-hybridized carbons (Fsp3) is 0.125. The third kappa shape index (κ3) is 2.45. The van der Waals surface area contributed by atoms with Gasteiger partial charge in [0.25, 0.3) is 0 Å². The van der Waals surface area contributed by atoms with Crippen LogP contribution in [0.5, 0.6) is 0 Å². The first-order chi connectivity index (χ1) is 6.24. The van der Waals surface area contributed by atoms with Gasteiger partial charge in [0.05, 0.1) is 5.22 Å². The van der Waals surface area contributed by atoms with E-state index in [0.717, 1.165) is 0 Å². The molecule has 0 amide bonds. The minimum absolute atomic E-state index is 0.383. The molecule has 0 atom stereocenters. The standard InChI is InChI=1S/C8H8N4O/c1-12(13)11-10-8-5-3-2-4-7(8)6-9/h2-5,10H,1H3/b12-11+. The summed E-state index contributed by atoms with van der Waals surface area (Å²) >= 11 is 0.